The Morgan fingerprint density at radius 1 is 1.19 bits per heavy atom. The third kappa shape index (κ3) is 5.52. The van der Waals surface area contributed by atoms with Crippen molar-refractivity contribution in [3.05, 3.63) is 52.0 Å². The molecule has 1 atom stereocenters. The van der Waals surface area contributed by atoms with E-state index in [1.54, 1.807) is 44.2 Å². The number of carbonyl (C=O) groups is 1. The summed E-state index contributed by atoms with van der Waals surface area (Å²) in [4.78, 5) is 12.3. The maximum Gasteiger partial charge on any atom is 0.265 e. The lowest BCUT2D eigenvalue weighted by atomic mass is 10.2. The van der Waals surface area contributed by atoms with Gasteiger partial charge >= 0.3 is 0 Å². The highest BCUT2D eigenvalue weighted by molar-refractivity contribution is 7.92. The van der Waals surface area contributed by atoms with Crippen LogP contribution in [0.2, 0.25) is 10.0 Å². The van der Waals surface area contributed by atoms with Crippen molar-refractivity contribution in [1.82, 2.24) is 0 Å². The van der Waals surface area contributed by atoms with Crippen LogP contribution in [-0.4, -0.2) is 26.7 Å². The summed E-state index contributed by atoms with van der Waals surface area (Å²) in [6.45, 7) is 3.32. The maximum absolute atomic E-state index is 12.3. The first-order valence-corrected chi connectivity index (χ1v) is 10.2. The molecular weight excluding hydrogens is 399 g/mol. The molecular formula is C17H18Cl2N2O4S. The van der Waals surface area contributed by atoms with Crippen LogP contribution in [0, 0.1) is 6.92 Å². The van der Waals surface area contributed by atoms with E-state index in [9.17, 15) is 13.2 Å². The van der Waals surface area contributed by atoms with Gasteiger partial charge in [-0.25, -0.2) is 8.42 Å². The molecule has 0 saturated carbocycles. The van der Waals surface area contributed by atoms with E-state index in [2.05, 4.69) is 10.0 Å². The van der Waals surface area contributed by atoms with Crippen LogP contribution in [0.5, 0.6) is 5.75 Å². The van der Waals surface area contributed by atoms with Gasteiger partial charge in [0.25, 0.3) is 5.91 Å². The fourth-order valence-electron chi connectivity index (χ4n) is 2.07. The van der Waals surface area contributed by atoms with Gasteiger partial charge in [-0.15, -0.1) is 0 Å². The Morgan fingerprint density at radius 3 is 2.54 bits per heavy atom. The number of nitrogens with one attached hydrogen (secondary N) is 2. The highest BCUT2D eigenvalue weighted by Gasteiger charge is 2.18. The normalized spacial score (nSPS) is 12.3. The van der Waals surface area contributed by atoms with Gasteiger partial charge in [-0.3, -0.25) is 9.52 Å². The van der Waals surface area contributed by atoms with Crippen LogP contribution < -0.4 is 14.8 Å². The lowest BCUT2D eigenvalue weighted by molar-refractivity contribution is -0.122. The van der Waals surface area contributed by atoms with Gasteiger partial charge in [0.2, 0.25) is 10.0 Å². The zero-order valence-electron chi connectivity index (χ0n) is 14.3. The Morgan fingerprint density at radius 2 is 1.88 bits per heavy atom. The monoisotopic (exact) mass is 416 g/mol. The van der Waals surface area contributed by atoms with Crippen molar-refractivity contribution in [1.29, 1.82) is 0 Å². The van der Waals surface area contributed by atoms with E-state index in [1.807, 2.05) is 0 Å². The largest absolute Gasteiger partial charge is 0.479 e. The molecule has 6 nitrogen and oxygen atoms in total. The van der Waals surface area contributed by atoms with Crippen LogP contribution in [0.15, 0.2) is 36.4 Å². The summed E-state index contributed by atoms with van der Waals surface area (Å²) in [5.41, 5.74) is 1.54. The Kier molecular flexibility index (Phi) is 6.39. The summed E-state index contributed by atoms with van der Waals surface area (Å²) in [5, 5.41) is 3.23. The van der Waals surface area contributed by atoms with Crippen molar-refractivity contribution in [3.8, 4) is 5.75 Å². The van der Waals surface area contributed by atoms with Crippen LogP contribution in [0.3, 0.4) is 0 Å². The van der Waals surface area contributed by atoms with Crippen molar-refractivity contribution < 1.29 is 17.9 Å². The van der Waals surface area contributed by atoms with Gasteiger partial charge < -0.3 is 10.1 Å². The first-order valence-electron chi connectivity index (χ1n) is 7.57. The molecule has 140 valence electrons. The van der Waals surface area contributed by atoms with Crippen LogP contribution >= 0.6 is 23.2 Å². The number of ether oxygens (including phenoxy) is 1. The number of benzene rings is 2. The van der Waals surface area contributed by atoms with E-state index in [-0.39, 0.29) is 5.02 Å². The summed E-state index contributed by atoms with van der Waals surface area (Å²) in [6.07, 6.45) is 0.209. The molecule has 0 radical (unpaired) electrons. The standard InChI is InChI=1S/C17H18Cl2N2O4S/c1-10-7-8-12(9-14(10)21-26(3,23)24)20-17(22)11(2)25-15-6-4-5-13(18)16(15)19/h4-9,11,21H,1-3H3,(H,20,22). The minimum absolute atomic E-state index is 0.226. The molecule has 0 aliphatic rings. The van der Waals surface area contributed by atoms with E-state index >= 15 is 0 Å². The molecule has 0 fully saturated rings. The zero-order valence-corrected chi connectivity index (χ0v) is 16.7. The van der Waals surface area contributed by atoms with Gasteiger partial charge in [-0.05, 0) is 43.7 Å². The summed E-state index contributed by atoms with van der Waals surface area (Å²) in [7, 11) is -3.43. The third-order valence-electron chi connectivity index (χ3n) is 3.39. The average molecular weight is 417 g/mol. The molecule has 2 aromatic rings. The highest BCUT2D eigenvalue weighted by Crippen LogP contribution is 2.32. The second-order valence-electron chi connectivity index (χ2n) is 5.71. The quantitative estimate of drug-likeness (QED) is 0.742. The predicted octanol–water partition coefficient (Wildman–Crippen LogP) is 4.08. The molecule has 0 saturated heterocycles. The van der Waals surface area contributed by atoms with Crippen LogP contribution in [0.1, 0.15) is 12.5 Å². The van der Waals surface area contributed by atoms with Crippen molar-refractivity contribution in [2.45, 2.75) is 20.0 Å². The molecule has 1 unspecified atom stereocenters. The summed E-state index contributed by atoms with van der Waals surface area (Å²) < 4.78 is 30.8. The van der Waals surface area contributed by atoms with Crippen molar-refractivity contribution in [2.75, 3.05) is 16.3 Å². The Bertz CT molecular complexity index is 932. The van der Waals surface area contributed by atoms with Gasteiger partial charge in [0.05, 0.1) is 17.0 Å². The number of hydrogen-bond acceptors (Lipinski definition) is 4. The zero-order chi connectivity index (χ0) is 19.5. The maximum atomic E-state index is 12.3. The molecule has 0 spiro atoms. The topological polar surface area (TPSA) is 84.5 Å². The highest BCUT2D eigenvalue weighted by atomic mass is 35.5. The van der Waals surface area contributed by atoms with E-state index < -0.39 is 22.0 Å². The van der Waals surface area contributed by atoms with Gasteiger partial charge in [0, 0.05) is 5.69 Å². The van der Waals surface area contributed by atoms with Gasteiger partial charge in [-0.2, -0.15) is 0 Å². The predicted molar refractivity (Wildman–Crippen MR) is 105 cm³/mol. The van der Waals surface area contributed by atoms with Crippen molar-refractivity contribution in [3.63, 3.8) is 0 Å². The fourth-order valence-corrected chi connectivity index (χ4v) is 3.03. The number of rotatable bonds is 6. The molecule has 26 heavy (non-hydrogen) atoms. The molecule has 2 N–H and O–H groups in total. The second kappa shape index (κ2) is 8.16. The SMILES string of the molecule is Cc1ccc(NC(=O)C(C)Oc2cccc(Cl)c2Cl)cc1NS(C)(=O)=O. The van der Waals surface area contributed by atoms with Crippen LogP contribution in [-0.2, 0) is 14.8 Å². The van der Waals surface area contributed by atoms with Crippen LogP contribution in [0.25, 0.3) is 0 Å². The van der Waals surface area contributed by atoms with Crippen LogP contribution in [0.4, 0.5) is 11.4 Å². The first-order chi connectivity index (χ1) is 12.1. The minimum atomic E-state index is -3.43. The third-order valence-corrected chi connectivity index (χ3v) is 4.78. The first kappa shape index (κ1) is 20.4. The minimum Gasteiger partial charge on any atom is -0.479 e. The number of carbonyl (C=O) groups excluding carboxylic acids is 1. The Labute approximate surface area is 162 Å². The van der Waals surface area contributed by atoms with Gasteiger partial charge in [0.1, 0.15) is 10.8 Å². The van der Waals surface area contributed by atoms with E-state index in [0.29, 0.717) is 22.1 Å². The number of anilines is 2. The Balaban J connectivity index is 2.11. The number of amides is 1. The number of sulfonamides is 1. The molecule has 0 aliphatic carbocycles. The lowest BCUT2D eigenvalue weighted by Crippen LogP contribution is -2.30. The van der Waals surface area contributed by atoms with E-state index in [4.69, 9.17) is 27.9 Å². The fraction of sp³-hybridized carbons (Fsp3) is 0.235. The molecule has 2 aromatic carbocycles. The number of hydrogen-bond donors (Lipinski definition) is 2. The summed E-state index contributed by atoms with van der Waals surface area (Å²) in [6, 6.07) is 9.79. The summed E-state index contributed by atoms with van der Waals surface area (Å²) >= 11 is 12.0. The molecule has 0 heterocycles. The molecule has 9 heteroatoms. The molecule has 0 aliphatic heterocycles. The summed E-state index contributed by atoms with van der Waals surface area (Å²) in [5.74, 6) is -0.125. The van der Waals surface area contributed by atoms with Crippen molar-refractivity contribution in [2.24, 2.45) is 0 Å². The average Bonchev–Trinajstić information content (AvgIpc) is 2.53. The van der Waals surface area contributed by atoms with Gasteiger partial charge in [-0.1, -0.05) is 35.3 Å². The molecule has 2 rings (SSSR count). The lowest BCUT2D eigenvalue weighted by Gasteiger charge is -2.17. The molecule has 0 bridgehead atoms. The Hall–Kier alpha value is -1.96. The second-order valence-corrected chi connectivity index (χ2v) is 8.24. The van der Waals surface area contributed by atoms with Gasteiger partial charge in [0.15, 0.2) is 6.10 Å². The molecule has 0 aromatic heterocycles. The molecule has 1 amide bonds. The number of aryl methyl sites for hydroxylation is 1. The van der Waals surface area contributed by atoms with Crippen molar-refractivity contribution >= 4 is 50.5 Å². The van der Waals surface area contributed by atoms with E-state index in [1.165, 1.54) is 6.07 Å². The smallest absolute Gasteiger partial charge is 0.265 e. The number of halogens is 2. The van der Waals surface area contributed by atoms with E-state index in [0.717, 1.165) is 11.8 Å².